The molecule has 0 aromatic heterocycles. The van der Waals surface area contributed by atoms with Crippen molar-refractivity contribution in [2.45, 2.75) is 0 Å². The molecule has 0 bridgehead atoms. The van der Waals surface area contributed by atoms with Crippen LogP contribution in [0.4, 0.5) is 4.39 Å². The topological polar surface area (TPSA) is 26.3 Å². The maximum absolute atomic E-state index is 11.2. The average Bonchev–Trinajstić information content (AvgIpc) is 1.87. The molecule has 0 aromatic rings. The molecule has 0 aliphatic heterocycles. The van der Waals surface area contributed by atoms with E-state index in [0.29, 0.717) is 0 Å². The monoisotopic (exact) mass is 107 g/mol. The van der Waals surface area contributed by atoms with Crippen LogP contribution in [0.2, 0.25) is 0 Å². The molecule has 0 saturated carbocycles. The molecule has 0 aliphatic carbocycles. The largest absolute Gasteiger partial charge is 0.431 e. The molecule has 0 aromatic carbocycles. The summed E-state index contributed by atoms with van der Waals surface area (Å²) >= 11 is 0. The van der Waals surface area contributed by atoms with E-state index in [1.54, 1.807) is 0 Å². The number of rotatable bonds is 2. The summed E-state index contributed by atoms with van der Waals surface area (Å²) in [6.07, 6.45) is 0. The van der Waals surface area contributed by atoms with Gasteiger partial charge in [0.25, 0.3) is 0 Å². The Balaban J connectivity index is 4.09. The van der Waals surface area contributed by atoms with Crippen molar-refractivity contribution in [2.75, 3.05) is 6.86 Å². The first-order valence-corrected chi connectivity index (χ1v) is 1.46. The number of carbonyl (C=O) groups excluding carboxylic acids is 1. The summed E-state index contributed by atoms with van der Waals surface area (Å²) < 4.78 is 34.3. The quantitative estimate of drug-likeness (QED) is 0.382. The molecule has 0 spiro atoms. The summed E-state index contributed by atoms with van der Waals surface area (Å²) in [7, 11) is 0. The van der Waals surface area contributed by atoms with Crippen LogP contribution in [0.3, 0.4) is 0 Å². The number of carbonyl (C=O) groups is 1. The maximum atomic E-state index is 11.2. The zero-order valence-corrected chi connectivity index (χ0v) is 3.40. The first kappa shape index (κ1) is 2.45. The van der Waals surface area contributed by atoms with Crippen LogP contribution >= 0.6 is 0 Å². The molecule has 0 unspecified atom stereocenters. The molecule has 2 nitrogen and oxygen atoms in total. The second-order valence-electron chi connectivity index (χ2n) is 0.666. The lowest BCUT2D eigenvalue weighted by atomic mass is 10.7. The van der Waals surface area contributed by atoms with Gasteiger partial charge in [-0.25, -0.2) is 9.18 Å². The molecule has 40 valence electrons. The van der Waals surface area contributed by atoms with E-state index in [4.69, 9.17) is 4.11 Å². The summed E-state index contributed by atoms with van der Waals surface area (Å²) in [5.41, 5.74) is 0. The summed E-state index contributed by atoms with van der Waals surface area (Å²) in [4.78, 5) is 10.2. The summed E-state index contributed by atoms with van der Waals surface area (Å²) in [5, 5.41) is 0. The van der Waals surface area contributed by atoms with Crippen molar-refractivity contribution in [2.24, 2.45) is 0 Å². The highest BCUT2D eigenvalue weighted by atomic mass is 19.1. The van der Waals surface area contributed by atoms with E-state index in [2.05, 4.69) is 4.74 Å². The van der Waals surface area contributed by atoms with E-state index in [9.17, 15) is 9.18 Å². The van der Waals surface area contributed by atoms with Crippen LogP contribution in [0.15, 0.2) is 12.6 Å². The standard InChI is InChI=1S/C4H5FO2/c1-2-4(6)7-3-5/h2H,1,3H2/i1D2,2D. The Kier molecular flexibility index (Phi) is 1.17. The van der Waals surface area contributed by atoms with E-state index in [1.807, 2.05) is 0 Å². The second kappa shape index (κ2) is 3.33. The van der Waals surface area contributed by atoms with Crippen molar-refractivity contribution >= 4 is 5.97 Å². The lowest BCUT2D eigenvalue weighted by molar-refractivity contribution is -0.141. The van der Waals surface area contributed by atoms with Gasteiger partial charge in [0.2, 0.25) is 6.86 Å². The molecule has 0 atom stereocenters. The van der Waals surface area contributed by atoms with Crippen LogP contribution in [0.1, 0.15) is 4.11 Å². The van der Waals surface area contributed by atoms with Crippen molar-refractivity contribution < 1.29 is 18.0 Å². The zero-order chi connectivity index (χ0) is 8.15. The van der Waals surface area contributed by atoms with Gasteiger partial charge in [0, 0.05) is 6.05 Å². The number of ether oxygens (including phenoxy) is 1. The van der Waals surface area contributed by atoms with Crippen LogP contribution in [0.5, 0.6) is 0 Å². The van der Waals surface area contributed by atoms with Gasteiger partial charge in [0.05, 0.1) is 4.11 Å². The fourth-order valence-corrected chi connectivity index (χ4v) is 0.0856. The molecule has 0 heterocycles. The third-order valence-corrected chi connectivity index (χ3v) is 0.288. The van der Waals surface area contributed by atoms with Gasteiger partial charge < -0.3 is 4.74 Å². The first-order chi connectivity index (χ1) is 4.59. The molecular weight excluding hydrogens is 99.0 g/mol. The van der Waals surface area contributed by atoms with Crippen molar-refractivity contribution in [3.63, 3.8) is 0 Å². The Morgan fingerprint density at radius 1 is 2.43 bits per heavy atom. The van der Waals surface area contributed by atoms with E-state index in [1.165, 1.54) is 0 Å². The van der Waals surface area contributed by atoms with Gasteiger partial charge in [0.15, 0.2) is 0 Å². The Bertz CT molecular complexity index is 164. The Labute approximate surface area is 44.8 Å². The fraction of sp³-hybridized carbons (Fsp3) is 0.250. The highest BCUT2D eigenvalue weighted by molar-refractivity contribution is 5.81. The van der Waals surface area contributed by atoms with Crippen molar-refractivity contribution in [3.05, 3.63) is 12.6 Å². The third-order valence-electron chi connectivity index (χ3n) is 0.288. The number of hydrogen-bond donors (Lipinski definition) is 0. The Morgan fingerprint density at radius 2 is 3.14 bits per heavy atom. The number of halogens is 1. The lowest BCUT2D eigenvalue weighted by Gasteiger charge is -1.87. The molecule has 0 saturated heterocycles. The van der Waals surface area contributed by atoms with Crippen LogP contribution in [-0.4, -0.2) is 12.8 Å². The smallest absolute Gasteiger partial charge is 0.332 e. The summed E-state index contributed by atoms with van der Waals surface area (Å²) in [5.74, 6) is -1.29. The fourth-order valence-electron chi connectivity index (χ4n) is 0.0856. The molecule has 3 heteroatoms. The third kappa shape index (κ3) is 2.96. The van der Waals surface area contributed by atoms with E-state index in [0.717, 1.165) is 0 Å². The highest BCUT2D eigenvalue weighted by Gasteiger charge is 1.88. The minimum absolute atomic E-state index is 0.947. The molecule has 0 amide bonds. The summed E-state index contributed by atoms with van der Waals surface area (Å²) in [6.45, 7) is -2.33. The van der Waals surface area contributed by atoms with Crippen molar-refractivity contribution in [1.82, 2.24) is 0 Å². The normalized spacial score (nSPS) is 13.0. The maximum Gasteiger partial charge on any atom is 0.332 e. The minimum atomic E-state index is -1.34. The first-order valence-electron chi connectivity index (χ1n) is 2.96. The molecule has 0 N–H and O–H groups in total. The van der Waals surface area contributed by atoms with E-state index < -0.39 is 25.4 Å². The Hall–Kier alpha value is -0.860. The molecule has 0 fully saturated rings. The number of alkyl halides is 1. The van der Waals surface area contributed by atoms with Gasteiger partial charge in [0.1, 0.15) is 0 Å². The molecule has 0 aliphatic rings. The van der Waals surface area contributed by atoms with E-state index in [-0.39, 0.29) is 0 Å². The number of hydrogen-bond acceptors (Lipinski definition) is 2. The molecule has 0 radical (unpaired) electrons. The molecule has 7 heavy (non-hydrogen) atoms. The predicted octanol–water partition coefficient (Wildman–Crippen LogP) is 0.643. The average molecular weight is 107 g/mol. The second-order valence-corrected chi connectivity index (χ2v) is 0.666. The van der Waals surface area contributed by atoms with Gasteiger partial charge in [-0.2, -0.15) is 0 Å². The highest BCUT2D eigenvalue weighted by Crippen LogP contribution is 1.76. The van der Waals surface area contributed by atoms with E-state index >= 15 is 0 Å². The minimum Gasteiger partial charge on any atom is -0.431 e. The van der Waals surface area contributed by atoms with Gasteiger partial charge in [-0.15, -0.1) is 0 Å². The van der Waals surface area contributed by atoms with Gasteiger partial charge >= 0.3 is 5.97 Å². The van der Waals surface area contributed by atoms with Crippen LogP contribution in [0.25, 0.3) is 0 Å². The Morgan fingerprint density at radius 3 is 3.57 bits per heavy atom. The van der Waals surface area contributed by atoms with Crippen molar-refractivity contribution in [1.29, 1.82) is 0 Å². The van der Waals surface area contributed by atoms with Crippen molar-refractivity contribution in [3.8, 4) is 0 Å². The lowest BCUT2D eigenvalue weighted by Crippen LogP contribution is -1.96. The van der Waals surface area contributed by atoms with Crippen LogP contribution in [0, 0.1) is 0 Å². The SMILES string of the molecule is [2H]C([2H])=C([2H])C(=O)OCF. The summed E-state index contributed by atoms with van der Waals surface area (Å²) in [6, 6.07) is -0.947. The van der Waals surface area contributed by atoms with Crippen LogP contribution in [-0.2, 0) is 9.53 Å². The molecule has 0 rings (SSSR count). The van der Waals surface area contributed by atoms with Gasteiger partial charge in [-0.3, -0.25) is 0 Å². The van der Waals surface area contributed by atoms with Gasteiger partial charge in [-0.1, -0.05) is 6.53 Å². The zero-order valence-electron chi connectivity index (χ0n) is 6.40. The van der Waals surface area contributed by atoms with Gasteiger partial charge in [-0.05, 0) is 0 Å². The number of esters is 1. The van der Waals surface area contributed by atoms with Crippen LogP contribution < -0.4 is 0 Å². The predicted molar refractivity (Wildman–Crippen MR) is 22.3 cm³/mol. The molecular formula is C4H5FO2.